The molecule has 0 saturated heterocycles. The lowest BCUT2D eigenvalue weighted by molar-refractivity contribution is -0.140. The largest absolute Gasteiger partial charge is 0.481 e. The van der Waals surface area contributed by atoms with Crippen molar-refractivity contribution in [3.63, 3.8) is 0 Å². The van der Waals surface area contributed by atoms with Gasteiger partial charge >= 0.3 is 22.4 Å². The number of halogens is 3. The second-order valence-electron chi connectivity index (χ2n) is 5.97. The van der Waals surface area contributed by atoms with Crippen LogP contribution in [0.4, 0.5) is 19.1 Å². The number of ether oxygens (including phenoxy) is 1. The Hall–Kier alpha value is -2.93. The van der Waals surface area contributed by atoms with Crippen LogP contribution in [0.2, 0.25) is 0 Å². The Balaban J connectivity index is 2.52. The molecule has 0 aliphatic heterocycles. The van der Waals surface area contributed by atoms with Crippen LogP contribution in [0.3, 0.4) is 0 Å². The van der Waals surface area contributed by atoms with E-state index in [0.717, 1.165) is 28.7 Å². The van der Waals surface area contributed by atoms with Crippen LogP contribution in [-0.4, -0.2) is 54.5 Å². The molecule has 29 heavy (non-hydrogen) atoms. The summed E-state index contributed by atoms with van der Waals surface area (Å²) in [6.45, 7) is 0.671. The molecule has 0 fully saturated rings. The summed E-state index contributed by atoms with van der Waals surface area (Å²) in [6, 6.07) is 2.55. The molecule has 9 nitrogen and oxygen atoms in total. The highest BCUT2D eigenvalue weighted by Crippen LogP contribution is 2.38. The minimum atomic E-state index is -4.64. The van der Waals surface area contributed by atoms with E-state index < -0.39 is 34.5 Å². The standard InChI is InChI=1S/C16H17F3N4O5S/c1-9-12(7-20-15(21-9)22-29(26,27)23(2)3)11-6-10(16(17,18)19)4-5-13(11)28-8-14(24)25/h4-7H,8H2,1-3H3,(H,24,25)(H,20,21,22). The SMILES string of the molecule is Cc1nc(NS(=O)(=O)N(C)C)ncc1-c1cc(C(F)(F)F)ccc1OCC(=O)O. The van der Waals surface area contributed by atoms with E-state index in [1.54, 1.807) is 0 Å². The van der Waals surface area contributed by atoms with Gasteiger partial charge in [0.15, 0.2) is 6.61 Å². The van der Waals surface area contributed by atoms with Crippen molar-refractivity contribution in [2.75, 3.05) is 25.4 Å². The molecule has 2 aromatic rings. The molecule has 1 heterocycles. The third-order valence-corrected chi connectivity index (χ3v) is 5.03. The van der Waals surface area contributed by atoms with Crippen molar-refractivity contribution in [3.8, 4) is 16.9 Å². The zero-order chi connectivity index (χ0) is 22.0. The van der Waals surface area contributed by atoms with E-state index in [-0.39, 0.29) is 28.5 Å². The molecule has 0 atom stereocenters. The number of anilines is 1. The first-order valence-corrected chi connectivity index (χ1v) is 9.35. The number of rotatable bonds is 7. The first kappa shape index (κ1) is 22.4. The van der Waals surface area contributed by atoms with Gasteiger partial charge in [-0.25, -0.2) is 19.5 Å². The number of benzene rings is 1. The lowest BCUT2D eigenvalue weighted by Gasteiger charge is -2.16. The van der Waals surface area contributed by atoms with Crippen LogP contribution in [0.5, 0.6) is 5.75 Å². The molecule has 0 aliphatic carbocycles. The lowest BCUT2D eigenvalue weighted by Crippen LogP contribution is -2.29. The number of nitrogens with zero attached hydrogens (tertiary/aromatic N) is 3. The maximum Gasteiger partial charge on any atom is 0.416 e. The van der Waals surface area contributed by atoms with Crippen LogP contribution in [-0.2, 0) is 21.2 Å². The second kappa shape index (κ2) is 8.21. The predicted molar refractivity (Wildman–Crippen MR) is 96.6 cm³/mol. The molecule has 1 aromatic heterocycles. The summed E-state index contributed by atoms with van der Waals surface area (Å²) in [4.78, 5) is 18.5. The van der Waals surface area contributed by atoms with Crippen molar-refractivity contribution in [2.45, 2.75) is 13.1 Å². The minimum absolute atomic E-state index is 0.0828. The number of carbonyl (C=O) groups is 1. The number of hydrogen-bond donors (Lipinski definition) is 2. The third kappa shape index (κ3) is 5.54. The van der Waals surface area contributed by atoms with Gasteiger partial charge in [-0.15, -0.1) is 0 Å². The Morgan fingerprint density at radius 1 is 1.28 bits per heavy atom. The van der Waals surface area contributed by atoms with Crippen LogP contribution in [0, 0.1) is 6.92 Å². The monoisotopic (exact) mass is 434 g/mol. The van der Waals surface area contributed by atoms with E-state index in [9.17, 15) is 26.4 Å². The molecule has 0 aliphatic rings. The smallest absolute Gasteiger partial charge is 0.416 e. The van der Waals surface area contributed by atoms with Crippen molar-refractivity contribution < 1.29 is 36.2 Å². The Morgan fingerprint density at radius 3 is 2.45 bits per heavy atom. The maximum absolute atomic E-state index is 13.1. The summed E-state index contributed by atoms with van der Waals surface area (Å²) in [7, 11) is -1.30. The fourth-order valence-corrected chi connectivity index (χ4v) is 2.68. The van der Waals surface area contributed by atoms with E-state index in [0.29, 0.717) is 0 Å². The van der Waals surface area contributed by atoms with Gasteiger partial charge in [-0.3, -0.25) is 0 Å². The van der Waals surface area contributed by atoms with Gasteiger partial charge in [0.1, 0.15) is 5.75 Å². The maximum atomic E-state index is 13.1. The lowest BCUT2D eigenvalue weighted by atomic mass is 10.0. The molecule has 2 N–H and O–H groups in total. The first-order chi connectivity index (χ1) is 13.3. The Bertz CT molecular complexity index is 1030. The van der Waals surface area contributed by atoms with E-state index in [4.69, 9.17) is 9.84 Å². The zero-order valence-electron chi connectivity index (χ0n) is 15.5. The van der Waals surface area contributed by atoms with Gasteiger partial charge in [0, 0.05) is 31.4 Å². The summed E-state index contributed by atoms with van der Waals surface area (Å²) >= 11 is 0. The van der Waals surface area contributed by atoms with Crippen LogP contribution in [0.1, 0.15) is 11.3 Å². The highest BCUT2D eigenvalue weighted by molar-refractivity contribution is 7.90. The van der Waals surface area contributed by atoms with Crippen molar-refractivity contribution in [3.05, 3.63) is 35.7 Å². The number of alkyl halides is 3. The molecule has 0 saturated carbocycles. The third-order valence-electron chi connectivity index (χ3n) is 3.63. The average molecular weight is 434 g/mol. The Morgan fingerprint density at radius 2 is 1.93 bits per heavy atom. The number of nitrogens with one attached hydrogen (secondary N) is 1. The Kier molecular flexibility index (Phi) is 6.33. The van der Waals surface area contributed by atoms with Gasteiger partial charge in [-0.05, 0) is 25.1 Å². The fourth-order valence-electron chi connectivity index (χ4n) is 2.17. The zero-order valence-corrected chi connectivity index (χ0v) is 16.3. The molecular weight excluding hydrogens is 417 g/mol. The van der Waals surface area contributed by atoms with E-state index >= 15 is 0 Å². The number of aromatic nitrogens is 2. The van der Waals surface area contributed by atoms with E-state index in [2.05, 4.69) is 14.7 Å². The number of aryl methyl sites for hydroxylation is 1. The molecule has 0 bridgehead atoms. The van der Waals surface area contributed by atoms with Gasteiger partial charge in [0.05, 0.1) is 11.3 Å². The molecule has 0 unspecified atom stereocenters. The predicted octanol–water partition coefficient (Wildman–Crippen LogP) is 2.15. The van der Waals surface area contributed by atoms with Crippen LogP contribution < -0.4 is 9.46 Å². The summed E-state index contributed by atoms with van der Waals surface area (Å²) in [5.41, 5.74) is -0.798. The van der Waals surface area contributed by atoms with Crippen molar-refractivity contribution in [1.82, 2.24) is 14.3 Å². The van der Waals surface area contributed by atoms with Crippen LogP contribution in [0.25, 0.3) is 11.1 Å². The number of carboxylic acid groups (broad SMARTS) is 1. The molecule has 0 radical (unpaired) electrons. The van der Waals surface area contributed by atoms with Crippen LogP contribution >= 0.6 is 0 Å². The molecule has 0 spiro atoms. The molecular formula is C16H17F3N4O5S. The highest BCUT2D eigenvalue weighted by Gasteiger charge is 2.31. The van der Waals surface area contributed by atoms with Gasteiger partial charge in [0.25, 0.3) is 0 Å². The van der Waals surface area contributed by atoms with Crippen molar-refractivity contribution >= 4 is 22.1 Å². The van der Waals surface area contributed by atoms with Gasteiger partial charge in [-0.2, -0.15) is 25.9 Å². The molecule has 13 heteroatoms. The summed E-state index contributed by atoms with van der Waals surface area (Å²) < 4.78 is 71.1. The number of carboxylic acids is 1. The van der Waals surface area contributed by atoms with Crippen molar-refractivity contribution in [2.24, 2.45) is 0 Å². The van der Waals surface area contributed by atoms with E-state index in [1.165, 1.54) is 21.0 Å². The molecule has 1 aromatic carbocycles. The summed E-state index contributed by atoms with van der Waals surface area (Å²) in [6.07, 6.45) is -3.52. The Labute approximate surface area is 164 Å². The normalized spacial score (nSPS) is 12.1. The quantitative estimate of drug-likeness (QED) is 0.685. The topological polar surface area (TPSA) is 122 Å². The first-order valence-electron chi connectivity index (χ1n) is 7.91. The molecule has 0 amide bonds. The van der Waals surface area contributed by atoms with Gasteiger partial charge < -0.3 is 9.84 Å². The van der Waals surface area contributed by atoms with Gasteiger partial charge in [0.2, 0.25) is 5.95 Å². The number of hydrogen-bond acceptors (Lipinski definition) is 6. The number of aliphatic carboxylic acids is 1. The average Bonchev–Trinajstić information content (AvgIpc) is 2.58. The molecule has 158 valence electrons. The molecule has 2 rings (SSSR count). The summed E-state index contributed by atoms with van der Waals surface area (Å²) in [5.74, 6) is -1.70. The van der Waals surface area contributed by atoms with Crippen LogP contribution in [0.15, 0.2) is 24.4 Å². The highest BCUT2D eigenvalue weighted by atomic mass is 32.2. The van der Waals surface area contributed by atoms with Crippen molar-refractivity contribution in [1.29, 1.82) is 0 Å². The summed E-state index contributed by atoms with van der Waals surface area (Å²) in [5, 5.41) is 8.77. The second-order valence-corrected chi connectivity index (χ2v) is 7.86. The van der Waals surface area contributed by atoms with E-state index in [1.807, 2.05) is 0 Å². The minimum Gasteiger partial charge on any atom is -0.481 e. The fraction of sp³-hybridized carbons (Fsp3) is 0.312. The van der Waals surface area contributed by atoms with Gasteiger partial charge in [-0.1, -0.05) is 0 Å².